The molecule has 4 aromatic rings. The van der Waals surface area contributed by atoms with Crippen LogP contribution in [-0.4, -0.2) is 43.0 Å². The molecule has 1 aliphatic rings. The van der Waals surface area contributed by atoms with Gasteiger partial charge in [0.2, 0.25) is 0 Å². The number of fused-ring (bicyclic) bond motifs is 1. The first kappa shape index (κ1) is 26.0. The van der Waals surface area contributed by atoms with Crippen LogP contribution in [0.1, 0.15) is 55.5 Å². The summed E-state index contributed by atoms with van der Waals surface area (Å²) < 4.78 is 11.9. The van der Waals surface area contributed by atoms with Crippen molar-refractivity contribution in [3.8, 4) is 22.6 Å². The fourth-order valence-electron chi connectivity index (χ4n) is 5.26. The third-order valence-electron chi connectivity index (χ3n) is 7.17. The van der Waals surface area contributed by atoms with Crippen LogP contribution >= 0.6 is 0 Å². The van der Waals surface area contributed by atoms with Crippen molar-refractivity contribution in [2.24, 2.45) is 0 Å². The van der Waals surface area contributed by atoms with E-state index < -0.39 is 0 Å². The lowest BCUT2D eigenvalue weighted by molar-refractivity contribution is 0.104. The third kappa shape index (κ3) is 6.25. The molecule has 0 bridgehead atoms. The van der Waals surface area contributed by atoms with Gasteiger partial charge in [-0.15, -0.1) is 0 Å². The number of rotatable bonds is 9. The minimum atomic E-state index is 0.00287. The number of likely N-dealkylation sites (tertiary alicyclic amines) is 1. The van der Waals surface area contributed by atoms with E-state index in [1.807, 2.05) is 80.6 Å². The van der Waals surface area contributed by atoms with Gasteiger partial charge in [-0.25, -0.2) is 0 Å². The summed E-state index contributed by atoms with van der Waals surface area (Å²) in [5.74, 6) is 1.61. The number of benzene rings is 4. The first-order chi connectivity index (χ1) is 18.6. The summed E-state index contributed by atoms with van der Waals surface area (Å²) in [6, 6.07) is 27.8. The normalized spacial score (nSPS) is 14.4. The zero-order valence-electron chi connectivity index (χ0n) is 22.5. The Labute approximate surface area is 226 Å². The van der Waals surface area contributed by atoms with Crippen LogP contribution in [0, 0.1) is 0 Å². The van der Waals surface area contributed by atoms with Gasteiger partial charge in [0.05, 0.1) is 6.10 Å². The fraction of sp³-hybridized carbons (Fsp3) is 0.324. The first-order valence-corrected chi connectivity index (χ1v) is 13.9. The molecule has 4 aromatic carbocycles. The molecule has 196 valence electrons. The highest BCUT2D eigenvalue weighted by Crippen LogP contribution is 2.34. The Morgan fingerprint density at radius 2 is 1.53 bits per heavy atom. The van der Waals surface area contributed by atoms with Gasteiger partial charge in [0.15, 0.2) is 5.78 Å². The van der Waals surface area contributed by atoms with Gasteiger partial charge in [-0.1, -0.05) is 55.3 Å². The van der Waals surface area contributed by atoms with E-state index in [-0.39, 0.29) is 11.9 Å². The summed E-state index contributed by atoms with van der Waals surface area (Å²) in [4.78, 5) is 16.5. The number of hydrogen-bond donors (Lipinski definition) is 0. The van der Waals surface area contributed by atoms with E-state index in [0.717, 1.165) is 53.0 Å². The average molecular weight is 508 g/mol. The molecular formula is C34H37NO3. The maximum absolute atomic E-state index is 14.0. The maximum atomic E-state index is 14.0. The molecule has 5 rings (SSSR count). The van der Waals surface area contributed by atoms with Gasteiger partial charge in [0.1, 0.15) is 18.1 Å². The van der Waals surface area contributed by atoms with E-state index in [9.17, 15) is 4.79 Å². The van der Waals surface area contributed by atoms with Crippen LogP contribution in [0.5, 0.6) is 11.5 Å². The monoisotopic (exact) mass is 507 g/mol. The predicted octanol–water partition coefficient (Wildman–Crippen LogP) is 7.78. The second-order valence-electron chi connectivity index (χ2n) is 10.4. The fourth-order valence-corrected chi connectivity index (χ4v) is 5.26. The highest BCUT2D eigenvalue weighted by Gasteiger charge is 2.19. The molecule has 0 atom stereocenters. The molecule has 0 spiro atoms. The van der Waals surface area contributed by atoms with E-state index in [1.54, 1.807) is 0 Å². The molecule has 1 saturated heterocycles. The van der Waals surface area contributed by atoms with Crippen LogP contribution in [0.3, 0.4) is 0 Å². The number of hydrogen-bond acceptors (Lipinski definition) is 4. The van der Waals surface area contributed by atoms with Crippen molar-refractivity contribution in [3.63, 3.8) is 0 Å². The lowest BCUT2D eigenvalue weighted by Crippen LogP contribution is -2.29. The minimum Gasteiger partial charge on any atom is -0.492 e. The van der Waals surface area contributed by atoms with E-state index in [4.69, 9.17) is 9.47 Å². The summed E-state index contributed by atoms with van der Waals surface area (Å²) in [6.45, 7) is 7.96. The molecule has 0 saturated carbocycles. The topological polar surface area (TPSA) is 38.8 Å². The Balaban J connectivity index is 1.40. The quantitative estimate of drug-likeness (QED) is 0.217. The number of carbonyl (C=O) groups is 1. The molecule has 0 N–H and O–H groups in total. The Bertz CT molecular complexity index is 1350. The molecule has 4 nitrogen and oxygen atoms in total. The summed E-state index contributed by atoms with van der Waals surface area (Å²) in [6.07, 6.45) is 5.32. The van der Waals surface area contributed by atoms with Gasteiger partial charge >= 0.3 is 0 Å². The van der Waals surface area contributed by atoms with Crippen LogP contribution in [0.15, 0.2) is 84.9 Å². The highest BCUT2D eigenvalue weighted by atomic mass is 16.5. The molecule has 0 radical (unpaired) electrons. The summed E-state index contributed by atoms with van der Waals surface area (Å²) in [7, 11) is 0. The average Bonchev–Trinajstić information content (AvgIpc) is 3.21. The summed E-state index contributed by atoms with van der Waals surface area (Å²) in [5.41, 5.74) is 3.31. The highest BCUT2D eigenvalue weighted by molar-refractivity contribution is 6.20. The van der Waals surface area contributed by atoms with Crippen LogP contribution in [0.25, 0.3) is 21.9 Å². The van der Waals surface area contributed by atoms with Crippen molar-refractivity contribution in [2.75, 3.05) is 26.2 Å². The van der Waals surface area contributed by atoms with Crippen LogP contribution < -0.4 is 9.47 Å². The standard InChI is InChI=1S/C34H37NO3/c1-25(2)38-30-17-19-32-28(24-30)14-18-31(26-10-6-5-7-11-26)33(32)34(36)27-12-15-29(16-13-27)37-23-22-35-20-8-3-4-9-21-35/h5-7,10-19,24-25H,3-4,8-9,20-23H2,1-2H3. The van der Waals surface area contributed by atoms with Crippen LogP contribution in [0.4, 0.5) is 0 Å². The lowest BCUT2D eigenvalue weighted by Gasteiger charge is -2.19. The van der Waals surface area contributed by atoms with Gasteiger partial charge in [0.25, 0.3) is 0 Å². The lowest BCUT2D eigenvalue weighted by atomic mass is 9.89. The second-order valence-corrected chi connectivity index (χ2v) is 10.4. The van der Waals surface area contributed by atoms with Crippen LogP contribution in [-0.2, 0) is 0 Å². The third-order valence-corrected chi connectivity index (χ3v) is 7.17. The molecule has 4 heteroatoms. The zero-order valence-corrected chi connectivity index (χ0v) is 22.5. The molecule has 1 aliphatic heterocycles. The van der Waals surface area contributed by atoms with Gasteiger partial charge in [0, 0.05) is 17.7 Å². The van der Waals surface area contributed by atoms with Crippen molar-refractivity contribution >= 4 is 16.6 Å². The number of ketones is 1. The van der Waals surface area contributed by atoms with Crippen molar-refractivity contribution < 1.29 is 14.3 Å². The number of carbonyl (C=O) groups excluding carboxylic acids is 1. The Morgan fingerprint density at radius 3 is 2.24 bits per heavy atom. The SMILES string of the molecule is CC(C)Oc1ccc2c(C(=O)c3ccc(OCCN4CCCCCC4)cc3)c(-c3ccccc3)ccc2c1. The van der Waals surface area contributed by atoms with Gasteiger partial charge in [-0.2, -0.15) is 0 Å². The molecule has 0 amide bonds. The molecular weight excluding hydrogens is 470 g/mol. The van der Waals surface area contributed by atoms with Crippen molar-refractivity contribution in [2.45, 2.75) is 45.6 Å². The number of ether oxygens (including phenoxy) is 2. The molecule has 0 aliphatic carbocycles. The molecule has 0 aromatic heterocycles. The maximum Gasteiger partial charge on any atom is 0.194 e. The molecule has 1 fully saturated rings. The second kappa shape index (κ2) is 12.3. The smallest absolute Gasteiger partial charge is 0.194 e. The Hall–Kier alpha value is -3.63. The molecule has 0 unspecified atom stereocenters. The predicted molar refractivity (Wildman–Crippen MR) is 155 cm³/mol. The van der Waals surface area contributed by atoms with E-state index in [2.05, 4.69) is 23.1 Å². The largest absolute Gasteiger partial charge is 0.492 e. The summed E-state index contributed by atoms with van der Waals surface area (Å²) in [5, 5.41) is 1.91. The van der Waals surface area contributed by atoms with Crippen molar-refractivity contribution in [3.05, 3.63) is 96.1 Å². The summed E-state index contributed by atoms with van der Waals surface area (Å²) >= 11 is 0. The van der Waals surface area contributed by atoms with Crippen LogP contribution in [0.2, 0.25) is 0 Å². The first-order valence-electron chi connectivity index (χ1n) is 13.9. The van der Waals surface area contributed by atoms with Gasteiger partial charge < -0.3 is 9.47 Å². The van der Waals surface area contributed by atoms with E-state index >= 15 is 0 Å². The zero-order chi connectivity index (χ0) is 26.3. The van der Waals surface area contributed by atoms with E-state index in [1.165, 1.54) is 25.7 Å². The van der Waals surface area contributed by atoms with E-state index in [0.29, 0.717) is 17.7 Å². The molecule has 38 heavy (non-hydrogen) atoms. The Morgan fingerprint density at radius 1 is 0.816 bits per heavy atom. The number of nitrogens with zero attached hydrogens (tertiary/aromatic N) is 1. The van der Waals surface area contributed by atoms with Gasteiger partial charge in [-0.3, -0.25) is 9.69 Å². The van der Waals surface area contributed by atoms with Crippen molar-refractivity contribution in [1.29, 1.82) is 0 Å². The Kier molecular flexibility index (Phi) is 8.40. The van der Waals surface area contributed by atoms with Gasteiger partial charge in [-0.05, 0) is 104 Å². The minimum absolute atomic E-state index is 0.00287. The molecule has 1 heterocycles. The van der Waals surface area contributed by atoms with Crippen molar-refractivity contribution in [1.82, 2.24) is 4.90 Å².